The van der Waals surface area contributed by atoms with Crippen LogP contribution in [0.15, 0.2) is 18.2 Å². The van der Waals surface area contributed by atoms with E-state index in [0.29, 0.717) is 12.2 Å². The maximum Gasteiger partial charge on any atom is 0.189 e. The van der Waals surface area contributed by atoms with E-state index in [9.17, 15) is 0 Å². The minimum absolute atomic E-state index is 0.0648. The number of aliphatic hydroxyl groups excluding tert-OH is 1. The highest BCUT2D eigenvalue weighted by molar-refractivity contribution is 5.36. The van der Waals surface area contributed by atoms with Gasteiger partial charge in [0, 0.05) is 0 Å². The Kier molecular flexibility index (Phi) is 4.33. The fraction of sp³-hybridized carbons (Fsp3) is 0.357. The van der Waals surface area contributed by atoms with Crippen molar-refractivity contribution in [2.24, 2.45) is 0 Å². The molecule has 0 aliphatic carbocycles. The maximum atomic E-state index is 9.01. The molecule has 1 aromatic carbocycles. The molecule has 0 fully saturated rings. The Morgan fingerprint density at radius 3 is 2.90 bits per heavy atom. The highest BCUT2D eigenvalue weighted by Gasteiger charge is 2.13. The summed E-state index contributed by atoms with van der Waals surface area (Å²) in [6.07, 6.45) is 0. The number of rotatable bonds is 5. The van der Waals surface area contributed by atoms with Gasteiger partial charge in [-0.2, -0.15) is 5.26 Å². The summed E-state index contributed by atoms with van der Waals surface area (Å²) in [4.78, 5) is 0. The van der Waals surface area contributed by atoms with Gasteiger partial charge in [-0.25, -0.2) is 4.68 Å². The van der Waals surface area contributed by atoms with Crippen LogP contribution in [0.2, 0.25) is 0 Å². The maximum absolute atomic E-state index is 9.01. The number of hydrogen-bond donors (Lipinski definition) is 1. The van der Waals surface area contributed by atoms with Crippen LogP contribution in [0.3, 0.4) is 0 Å². The molecular weight excluding hydrogens is 256 g/mol. The van der Waals surface area contributed by atoms with Gasteiger partial charge in [0.05, 0.1) is 13.2 Å². The van der Waals surface area contributed by atoms with Gasteiger partial charge in [0.1, 0.15) is 24.1 Å². The van der Waals surface area contributed by atoms with Gasteiger partial charge in [-0.05, 0) is 31.0 Å². The predicted molar refractivity (Wildman–Crippen MR) is 72.1 cm³/mol. The van der Waals surface area contributed by atoms with Crippen LogP contribution in [0, 0.1) is 25.2 Å². The number of benzene rings is 1. The van der Waals surface area contributed by atoms with Crippen molar-refractivity contribution in [2.75, 3.05) is 6.61 Å². The Labute approximate surface area is 117 Å². The first-order chi connectivity index (χ1) is 9.65. The van der Waals surface area contributed by atoms with Gasteiger partial charge in [0.2, 0.25) is 0 Å². The van der Waals surface area contributed by atoms with Gasteiger partial charge in [-0.15, -0.1) is 5.10 Å². The average Bonchev–Trinajstić information content (AvgIpc) is 2.82. The lowest BCUT2D eigenvalue weighted by molar-refractivity contribution is 0.251. The van der Waals surface area contributed by atoms with Gasteiger partial charge in [0.15, 0.2) is 5.69 Å². The number of hydrogen-bond acceptors (Lipinski definition) is 5. The third kappa shape index (κ3) is 2.95. The molecule has 6 nitrogen and oxygen atoms in total. The van der Waals surface area contributed by atoms with E-state index >= 15 is 0 Å². The minimum Gasteiger partial charge on any atom is -0.487 e. The predicted octanol–water partition coefficient (Wildman–Crippen LogP) is 1.34. The fourth-order valence-corrected chi connectivity index (χ4v) is 1.85. The first kappa shape index (κ1) is 14.0. The van der Waals surface area contributed by atoms with Crippen LogP contribution in [0.1, 0.15) is 22.5 Å². The van der Waals surface area contributed by atoms with Crippen LogP contribution in [0.5, 0.6) is 5.75 Å². The van der Waals surface area contributed by atoms with Crippen LogP contribution >= 0.6 is 0 Å². The number of aromatic nitrogens is 3. The lowest BCUT2D eigenvalue weighted by Crippen LogP contribution is -2.11. The molecule has 0 aliphatic rings. The summed E-state index contributed by atoms with van der Waals surface area (Å²) in [7, 11) is 0. The van der Waals surface area contributed by atoms with E-state index in [-0.39, 0.29) is 18.9 Å². The Bertz CT molecular complexity index is 643. The number of nitrogens with zero attached hydrogens (tertiary/aromatic N) is 4. The second kappa shape index (κ2) is 6.17. The van der Waals surface area contributed by atoms with E-state index in [0.717, 1.165) is 16.9 Å². The number of aliphatic hydroxyl groups is 1. The van der Waals surface area contributed by atoms with Gasteiger partial charge in [-0.1, -0.05) is 17.3 Å². The average molecular weight is 272 g/mol. The summed E-state index contributed by atoms with van der Waals surface area (Å²) in [6.45, 7) is 4.37. The molecule has 0 amide bonds. The third-order valence-electron chi connectivity index (χ3n) is 2.96. The summed E-state index contributed by atoms with van der Waals surface area (Å²) >= 11 is 0. The molecule has 0 saturated carbocycles. The summed E-state index contributed by atoms with van der Waals surface area (Å²) in [5, 5.41) is 25.6. The van der Waals surface area contributed by atoms with Crippen molar-refractivity contribution in [3.63, 3.8) is 0 Å². The first-order valence-electron chi connectivity index (χ1n) is 6.29. The van der Waals surface area contributed by atoms with E-state index in [1.165, 1.54) is 4.68 Å². The molecule has 0 saturated heterocycles. The normalized spacial score (nSPS) is 10.3. The molecule has 6 heteroatoms. The van der Waals surface area contributed by atoms with Crippen LogP contribution < -0.4 is 4.74 Å². The van der Waals surface area contributed by atoms with Crippen molar-refractivity contribution in [1.29, 1.82) is 5.26 Å². The molecule has 1 heterocycles. The molecule has 0 spiro atoms. The molecule has 0 unspecified atom stereocenters. The monoisotopic (exact) mass is 272 g/mol. The first-order valence-corrected chi connectivity index (χ1v) is 6.29. The van der Waals surface area contributed by atoms with Crippen molar-refractivity contribution in [1.82, 2.24) is 15.0 Å². The van der Waals surface area contributed by atoms with Crippen LogP contribution in [0.25, 0.3) is 0 Å². The van der Waals surface area contributed by atoms with E-state index in [2.05, 4.69) is 10.3 Å². The molecule has 1 N–H and O–H groups in total. The Hall–Kier alpha value is -2.39. The van der Waals surface area contributed by atoms with Crippen molar-refractivity contribution in [2.45, 2.75) is 27.0 Å². The van der Waals surface area contributed by atoms with Crippen molar-refractivity contribution >= 4 is 0 Å². The number of ether oxygens (including phenoxy) is 1. The van der Waals surface area contributed by atoms with Crippen molar-refractivity contribution < 1.29 is 9.84 Å². The minimum atomic E-state index is -0.0648. The molecule has 2 aromatic rings. The van der Waals surface area contributed by atoms with E-state index in [4.69, 9.17) is 15.1 Å². The summed E-state index contributed by atoms with van der Waals surface area (Å²) in [6, 6.07) is 7.93. The molecular formula is C14H16N4O2. The van der Waals surface area contributed by atoms with Gasteiger partial charge in [0.25, 0.3) is 0 Å². The molecule has 0 atom stereocenters. The highest BCUT2D eigenvalue weighted by Crippen LogP contribution is 2.20. The van der Waals surface area contributed by atoms with Gasteiger partial charge in [-0.3, -0.25) is 0 Å². The molecule has 104 valence electrons. The van der Waals surface area contributed by atoms with Gasteiger partial charge >= 0.3 is 0 Å². The van der Waals surface area contributed by atoms with Gasteiger partial charge < -0.3 is 9.84 Å². The SMILES string of the molecule is Cc1ccc(C)c(OCc2c(C#N)nnn2CCO)c1. The van der Waals surface area contributed by atoms with Crippen LogP contribution in [0.4, 0.5) is 0 Å². The summed E-state index contributed by atoms with van der Waals surface area (Å²) in [5.41, 5.74) is 2.93. The molecule has 0 bridgehead atoms. The van der Waals surface area contributed by atoms with Crippen LogP contribution in [-0.2, 0) is 13.2 Å². The standard InChI is InChI=1S/C14H16N4O2/c1-10-3-4-11(2)14(7-10)20-9-13-12(8-15)16-17-18(13)5-6-19/h3-4,7,19H,5-6,9H2,1-2H3. The zero-order chi connectivity index (χ0) is 14.5. The Morgan fingerprint density at radius 2 is 2.20 bits per heavy atom. The number of nitriles is 1. The molecule has 1 aromatic heterocycles. The second-order valence-corrected chi connectivity index (χ2v) is 4.50. The zero-order valence-electron chi connectivity index (χ0n) is 11.5. The van der Waals surface area contributed by atoms with E-state index in [1.807, 2.05) is 38.1 Å². The summed E-state index contributed by atoms with van der Waals surface area (Å²) < 4.78 is 7.25. The van der Waals surface area contributed by atoms with Crippen LogP contribution in [-0.4, -0.2) is 26.7 Å². The zero-order valence-corrected chi connectivity index (χ0v) is 11.5. The Balaban J connectivity index is 2.20. The largest absolute Gasteiger partial charge is 0.487 e. The second-order valence-electron chi connectivity index (χ2n) is 4.50. The van der Waals surface area contributed by atoms with E-state index in [1.54, 1.807) is 0 Å². The quantitative estimate of drug-likeness (QED) is 0.887. The fourth-order valence-electron chi connectivity index (χ4n) is 1.85. The molecule has 20 heavy (non-hydrogen) atoms. The highest BCUT2D eigenvalue weighted by atomic mass is 16.5. The lowest BCUT2D eigenvalue weighted by atomic mass is 10.1. The molecule has 2 rings (SSSR count). The molecule has 0 radical (unpaired) electrons. The Morgan fingerprint density at radius 1 is 1.40 bits per heavy atom. The third-order valence-corrected chi connectivity index (χ3v) is 2.96. The topological polar surface area (TPSA) is 84.0 Å². The lowest BCUT2D eigenvalue weighted by Gasteiger charge is -2.10. The van der Waals surface area contributed by atoms with Crippen molar-refractivity contribution in [3.05, 3.63) is 40.7 Å². The van der Waals surface area contributed by atoms with E-state index < -0.39 is 0 Å². The van der Waals surface area contributed by atoms with Crippen molar-refractivity contribution in [3.8, 4) is 11.8 Å². The number of aryl methyl sites for hydroxylation is 2. The smallest absolute Gasteiger partial charge is 0.189 e. The summed E-state index contributed by atoms with van der Waals surface area (Å²) in [5.74, 6) is 0.769. The molecule has 0 aliphatic heterocycles.